The number of nitrogens with zero attached hydrogens (tertiary/aromatic N) is 2. The SMILES string of the molecule is CCC(CC)(CNC)CN(C)Cc1scnc1C. The van der Waals surface area contributed by atoms with Gasteiger partial charge < -0.3 is 10.2 Å². The van der Waals surface area contributed by atoms with E-state index in [0.717, 1.165) is 19.6 Å². The molecule has 0 saturated carbocycles. The molecule has 1 rings (SSSR count). The van der Waals surface area contributed by atoms with E-state index < -0.39 is 0 Å². The highest BCUT2D eigenvalue weighted by Crippen LogP contribution is 2.27. The maximum Gasteiger partial charge on any atom is 0.0798 e. The van der Waals surface area contributed by atoms with Crippen LogP contribution in [0.5, 0.6) is 0 Å². The second-order valence-electron chi connectivity index (χ2n) is 5.27. The van der Waals surface area contributed by atoms with Crippen LogP contribution in [0.1, 0.15) is 37.3 Å². The van der Waals surface area contributed by atoms with E-state index in [0.29, 0.717) is 5.41 Å². The van der Waals surface area contributed by atoms with Crippen LogP contribution in [0.25, 0.3) is 0 Å². The molecule has 0 atom stereocenters. The molecule has 0 saturated heterocycles. The second kappa shape index (κ2) is 7.22. The lowest BCUT2D eigenvalue weighted by Gasteiger charge is -2.35. The largest absolute Gasteiger partial charge is 0.319 e. The molecule has 0 aliphatic rings. The molecular formula is C14H27N3S. The second-order valence-corrected chi connectivity index (χ2v) is 6.21. The van der Waals surface area contributed by atoms with E-state index in [1.807, 2.05) is 12.6 Å². The summed E-state index contributed by atoms with van der Waals surface area (Å²) in [6.45, 7) is 9.94. The van der Waals surface area contributed by atoms with E-state index in [1.165, 1.54) is 23.4 Å². The van der Waals surface area contributed by atoms with Crippen LogP contribution in [0.4, 0.5) is 0 Å². The minimum Gasteiger partial charge on any atom is -0.319 e. The Balaban J connectivity index is 2.61. The zero-order valence-corrected chi connectivity index (χ0v) is 13.2. The molecule has 0 amide bonds. The fourth-order valence-corrected chi connectivity index (χ4v) is 3.36. The normalized spacial score (nSPS) is 12.3. The standard InChI is InChI=1S/C14H27N3S/c1-6-14(7-2,9-15-4)10-17(5)8-13-12(3)16-11-18-13/h11,15H,6-10H2,1-5H3. The highest BCUT2D eigenvalue weighted by molar-refractivity contribution is 7.09. The lowest BCUT2D eigenvalue weighted by atomic mass is 9.81. The fourth-order valence-electron chi connectivity index (χ4n) is 2.51. The monoisotopic (exact) mass is 269 g/mol. The summed E-state index contributed by atoms with van der Waals surface area (Å²) < 4.78 is 0. The van der Waals surface area contributed by atoms with Crippen LogP contribution in [0, 0.1) is 12.3 Å². The van der Waals surface area contributed by atoms with Crippen LogP contribution in [-0.4, -0.2) is 37.1 Å². The third-order valence-corrected chi connectivity index (χ3v) is 4.84. The molecule has 1 aromatic heterocycles. The molecule has 0 bridgehead atoms. The van der Waals surface area contributed by atoms with Crippen LogP contribution in [0.15, 0.2) is 5.51 Å². The summed E-state index contributed by atoms with van der Waals surface area (Å²) in [6, 6.07) is 0. The maximum atomic E-state index is 4.32. The van der Waals surface area contributed by atoms with Gasteiger partial charge in [0, 0.05) is 24.5 Å². The highest BCUT2D eigenvalue weighted by Gasteiger charge is 2.27. The Bertz CT molecular complexity index is 345. The Labute approximate surface area is 116 Å². The van der Waals surface area contributed by atoms with Gasteiger partial charge in [-0.3, -0.25) is 0 Å². The molecule has 0 spiro atoms. The van der Waals surface area contributed by atoms with E-state index >= 15 is 0 Å². The summed E-state index contributed by atoms with van der Waals surface area (Å²) in [6.07, 6.45) is 2.44. The van der Waals surface area contributed by atoms with Gasteiger partial charge in [0.05, 0.1) is 11.2 Å². The molecule has 1 heterocycles. The van der Waals surface area contributed by atoms with Crippen molar-refractivity contribution in [2.24, 2.45) is 5.41 Å². The Morgan fingerprint density at radius 2 is 2.06 bits per heavy atom. The summed E-state index contributed by atoms with van der Waals surface area (Å²) >= 11 is 1.76. The van der Waals surface area contributed by atoms with E-state index in [9.17, 15) is 0 Å². The van der Waals surface area contributed by atoms with Crippen molar-refractivity contribution >= 4 is 11.3 Å². The summed E-state index contributed by atoms with van der Waals surface area (Å²) in [5, 5.41) is 3.35. The van der Waals surface area contributed by atoms with Crippen LogP contribution in [-0.2, 0) is 6.54 Å². The first kappa shape index (κ1) is 15.6. The first-order valence-electron chi connectivity index (χ1n) is 6.79. The summed E-state index contributed by atoms with van der Waals surface area (Å²) in [7, 11) is 4.27. The number of thiazole rings is 1. The van der Waals surface area contributed by atoms with Crippen molar-refractivity contribution in [3.63, 3.8) is 0 Å². The maximum absolute atomic E-state index is 4.32. The van der Waals surface area contributed by atoms with Gasteiger partial charge in [-0.25, -0.2) is 4.98 Å². The zero-order chi connectivity index (χ0) is 13.6. The van der Waals surface area contributed by atoms with Crippen LogP contribution < -0.4 is 5.32 Å². The van der Waals surface area contributed by atoms with Crippen molar-refractivity contribution < 1.29 is 0 Å². The molecule has 1 aromatic rings. The molecule has 0 aliphatic carbocycles. The Hall–Kier alpha value is -0.450. The Morgan fingerprint density at radius 3 is 2.50 bits per heavy atom. The molecule has 0 fully saturated rings. The average molecular weight is 269 g/mol. The molecule has 1 N–H and O–H groups in total. The first-order valence-corrected chi connectivity index (χ1v) is 7.67. The minimum atomic E-state index is 0.391. The molecule has 0 unspecified atom stereocenters. The highest BCUT2D eigenvalue weighted by atomic mass is 32.1. The molecular weight excluding hydrogens is 242 g/mol. The lowest BCUT2D eigenvalue weighted by molar-refractivity contribution is 0.154. The van der Waals surface area contributed by atoms with Crippen molar-refractivity contribution in [1.29, 1.82) is 0 Å². The van der Waals surface area contributed by atoms with Crippen molar-refractivity contribution in [3.8, 4) is 0 Å². The average Bonchev–Trinajstić information content (AvgIpc) is 2.74. The predicted molar refractivity (Wildman–Crippen MR) is 80.1 cm³/mol. The molecule has 104 valence electrons. The van der Waals surface area contributed by atoms with Gasteiger partial charge in [0.1, 0.15) is 0 Å². The van der Waals surface area contributed by atoms with Gasteiger partial charge >= 0.3 is 0 Å². The number of hydrogen-bond donors (Lipinski definition) is 1. The topological polar surface area (TPSA) is 28.2 Å². The van der Waals surface area contributed by atoms with Gasteiger partial charge in [-0.1, -0.05) is 13.8 Å². The summed E-state index contributed by atoms with van der Waals surface area (Å²) in [4.78, 5) is 8.15. The molecule has 3 nitrogen and oxygen atoms in total. The van der Waals surface area contributed by atoms with Crippen molar-refractivity contribution in [2.75, 3.05) is 27.2 Å². The minimum absolute atomic E-state index is 0.391. The molecule has 0 aliphatic heterocycles. The smallest absolute Gasteiger partial charge is 0.0798 e. The van der Waals surface area contributed by atoms with Gasteiger partial charge in [0.2, 0.25) is 0 Å². The van der Waals surface area contributed by atoms with Crippen LogP contribution in [0.2, 0.25) is 0 Å². The van der Waals surface area contributed by atoms with Crippen molar-refractivity contribution in [2.45, 2.75) is 40.2 Å². The quantitative estimate of drug-likeness (QED) is 0.786. The lowest BCUT2D eigenvalue weighted by Crippen LogP contribution is -2.41. The Kier molecular flexibility index (Phi) is 6.26. The van der Waals surface area contributed by atoms with Crippen LogP contribution >= 0.6 is 11.3 Å². The van der Waals surface area contributed by atoms with E-state index in [4.69, 9.17) is 0 Å². The first-order chi connectivity index (χ1) is 8.56. The third-order valence-electron chi connectivity index (χ3n) is 3.92. The van der Waals surface area contributed by atoms with E-state index in [-0.39, 0.29) is 0 Å². The molecule has 0 radical (unpaired) electrons. The molecule has 4 heteroatoms. The van der Waals surface area contributed by atoms with Crippen molar-refractivity contribution in [3.05, 3.63) is 16.1 Å². The molecule has 18 heavy (non-hydrogen) atoms. The van der Waals surface area contributed by atoms with E-state index in [1.54, 1.807) is 11.3 Å². The number of rotatable bonds is 8. The zero-order valence-electron chi connectivity index (χ0n) is 12.4. The van der Waals surface area contributed by atoms with Crippen LogP contribution in [0.3, 0.4) is 0 Å². The Morgan fingerprint density at radius 1 is 1.39 bits per heavy atom. The number of aryl methyl sites for hydroxylation is 1. The van der Waals surface area contributed by atoms with E-state index in [2.05, 4.69) is 43.0 Å². The number of nitrogens with one attached hydrogen (secondary N) is 1. The summed E-state index contributed by atoms with van der Waals surface area (Å²) in [5.74, 6) is 0. The predicted octanol–water partition coefficient (Wildman–Crippen LogP) is 2.91. The summed E-state index contributed by atoms with van der Waals surface area (Å²) in [5.41, 5.74) is 3.51. The molecule has 0 aromatic carbocycles. The third kappa shape index (κ3) is 4.04. The number of hydrogen-bond acceptors (Lipinski definition) is 4. The fraction of sp³-hybridized carbons (Fsp3) is 0.786. The van der Waals surface area contributed by atoms with Gasteiger partial charge in [-0.2, -0.15) is 0 Å². The van der Waals surface area contributed by atoms with Gasteiger partial charge in [-0.05, 0) is 39.3 Å². The number of aromatic nitrogens is 1. The van der Waals surface area contributed by atoms with Gasteiger partial charge in [-0.15, -0.1) is 11.3 Å². The van der Waals surface area contributed by atoms with Gasteiger partial charge in [0.25, 0.3) is 0 Å². The van der Waals surface area contributed by atoms with Crippen molar-refractivity contribution in [1.82, 2.24) is 15.2 Å². The van der Waals surface area contributed by atoms with Gasteiger partial charge in [0.15, 0.2) is 0 Å².